The van der Waals surface area contributed by atoms with E-state index < -0.39 is 0 Å². The second-order valence-corrected chi connectivity index (χ2v) is 3.41. The van der Waals surface area contributed by atoms with E-state index in [1.807, 2.05) is 6.92 Å². The SMILES string of the molecule is CC(=O)/C=C(\C)NCCN=Cc1cnc[nH]1. The van der Waals surface area contributed by atoms with Crippen LogP contribution in [0.4, 0.5) is 0 Å². The first-order valence-electron chi connectivity index (χ1n) is 5.09. The van der Waals surface area contributed by atoms with Crippen LogP contribution in [0.3, 0.4) is 0 Å². The van der Waals surface area contributed by atoms with Crippen molar-refractivity contribution in [1.82, 2.24) is 15.3 Å². The molecule has 0 aromatic carbocycles. The molecule has 0 atom stereocenters. The summed E-state index contributed by atoms with van der Waals surface area (Å²) in [5.74, 6) is 0.0472. The largest absolute Gasteiger partial charge is 0.387 e. The smallest absolute Gasteiger partial charge is 0.154 e. The van der Waals surface area contributed by atoms with Gasteiger partial charge in [0.05, 0.1) is 24.8 Å². The lowest BCUT2D eigenvalue weighted by Gasteiger charge is -2.02. The van der Waals surface area contributed by atoms with E-state index in [0.717, 1.165) is 11.4 Å². The van der Waals surface area contributed by atoms with E-state index >= 15 is 0 Å². The molecule has 1 rings (SSSR count). The van der Waals surface area contributed by atoms with Crippen molar-refractivity contribution in [3.05, 3.63) is 30.0 Å². The van der Waals surface area contributed by atoms with Gasteiger partial charge in [0.25, 0.3) is 0 Å². The van der Waals surface area contributed by atoms with Gasteiger partial charge >= 0.3 is 0 Å². The van der Waals surface area contributed by atoms with Gasteiger partial charge in [-0.25, -0.2) is 4.98 Å². The highest BCUT2D eigenvalue weighted by Gasteiger charge is 1.90. The molecule has 0 saturated heterocycles. The van der Waals surface area contributed by atoms with Crippen molar-refractivity contribution in [3.8, 4) is 0 Å². The topological polar surface area (TPSA) is 70.1 Å². The minimum Gasteiger partial charge on any atom is -0.387 e. The van der Waals surface area contributed by atoms with Gasteiger partial charge in [0.1, 0.15) is 0 Å². The average Bonchev–Trinajstić information content (AvgIpc) is 2.68. The summed E-state index contributed by atoms with van der Waals surface area (Å²) in [5.41, 5.74) is 1.75. The molecule has 16 heavy (non-hydrogen) atoms. The minimum absolute atomic E-state index is 0.0472. The summed E-state index contributed by atoms with van der Waals surface area (Å²) in [6.45, 7) is 4.75. The van der Waals surface area contributed by atoms with Crippen molar-refractivity contribution < 1.29 is 4.79 Å². The predicted octanol–water partition coefficient (Wildman–Crippen LogP) is 0.911. The van der Waals surface area contributed by atoms with Crippen molar-refractivity contribution in [1.29, 1.82) is 0 Å². The number of aromatic nitrogens is 2. The molecular formula is C11H16N4O. The molecule has 1 heterocycles. The van der Waals surface area contributed by atoms with Gasteiger partial charge in [-0.2, -0.15) is 0 Å². The third kappa shape index (κ3) is 5.09. The van der Waals surface area contributed by atoms with Crippen molar-refractivity contribution in [2.24, 2.45) is 4.99 Å². The first kappa shape index (κ1) is 12.2. The van der Waals surface area contributed by atoms with Crippen LogP contribution in [0.2, 0.25) is 0 Å². The molecule has 5 heteroatoms. The van der Waals surface area contributed by atoms with Crippen LogP contribution < -0.4 is 5.32 Å². The summed E-state index contributed by atoms with van der Waals surface area (Å²) in [6, 6.07) is 0. The normalized spacial score (nSPS) is 12.0. The summed E-state index contributed by atoms with van der Waals surface area (Å²) >= 11 is 0. The molecular weight excluding hydrogens is 204 g/mol. The number of aliphatic imine (C=N–C) groups is 1. The minimum atomic E-state index is 0.0472. The van der Waals surface area contributed by atoms with Crippen molar-refractivity contribution in [2.45, 2.75) is 13.8 Å². The van der Waals surface area contributed by atoms with Crippen molar-refractivity contribution in [3.63, 3.8) is 0 Å². The van der Waals surface area contributed by atoms with Gasteiger partial charge in [-0.15, -0.1) is 0 Å². The van der Waals surface area contributed by atoms with E-state index in [0.29, 0.717) is 13.1 Å². The summed E-state index contributed by atoms with van der Waals surface area (Å²) in [7, 11) is 0. The maximum atomic E-state index is 10.7. The number of allylic oxidation sites excluding steroid dienone is 2. The molecule has 0 aliphatic heterocycles. The highest BCUT2D eigenvalue weighted by atomic mass is 16.1. The lowest BCUT2D eigenvalue weighted by molar-refractivity contribution is -0.112. The molecule has 86 valence electrons. The van der Waals surface area contributed by atoms with Gasteiger partial charge in [-0.05, 0) is 19.9 Å². The molecule has 0 unspecified atom stereocenters. The van der Waals surface area contributed by atoms with Crippen LogP contribution in [0.15, 0.2) is 29.3 Å². The Morgan fingerprint density at radius 2 is 2.44 bits per heavy atom. The summed E-state index contributed by atoms with van der Waals surface area (Å²) in [5, 5.41) is 3.09. The van der Waals surface area contributed by atoms with Crippen LogP contribution in [0, 0.1) is 0 Å². The van der Waals surface area contributed by atoms with Crippen LogP contribution >= 0.6 is 0 Å². The molecule has 0 fully saturated rings. The first-order valence-corrected chi connectivity index (χ1v) is 5.09. The number of nitrogens with zero attached hydrogens (tertiary/aromatic N) is 2. The molecule has 0 spiro atoms. The Hall–Kier alpha value is -1.91. The number of carbonyl (C=O) groups excluding carboxylic acids is 1. The van der Waals surface area contributed by atoms with E-state index in [1.165, 1.54) is 6.92 Å². The number of hydrogen-bond acceptors (Lipinski definition) is 4. The number of nitrogens with one attached hydrogen (secondary N) is 2. The fourth-order valence-corrected chi connectivity index (χ4v) is 1.17. The Labute approximate surface area is 94.7 Å². The number of imidazole rings is 1. The maximum absolute atomic E-state index is 10.7. The molecule has 0 saturated carbocycles. The molecule has 2 N–H and O–H groups in total. The first-order chi connectivity index (χ1) is 7.68. The van der Waals surface area contributed by atoms with E-state index in [-0.39, 0.29) is 5.78 Å². The highest BCUT2D eigenvalue weighted by molar-refractivity contribution is 5.87. The number of H-pyrrole nitrogens is 1. The van der Waals surface area contributed by atoms with Crippen LogP contribution in [0.5, 0.6) is 0 Å². The zero-order valence-electron chi connectivity index (χ0n) is 9.53. The fourth-order valence-electron chi connectivity index (χ4n) is 1.17. The number of hydrogen-bond donors (Lipinski definition) is 2. The van der Waals surface area contributed by atoms with Crippen molar-refractivity contribution in [2.75, 3.05) is 13.1 Å². The Bertz CT molecular complexity index is 379. The molecule has 0 radical (unpaired) electrons. The molecule has 1 aromatic rings. The monoisotopic (exact) mass is 220 g/mol. The quantitative estimate of drug-likeness (QED) is 0.425. The van der Waals surface area contributed by atoms with E-state index in [4.69, 9.17) is 0 Å². The summed E-state index contributed by atoms with van der Waals surface area (Å²) in [6.07, 6.45) is 6.62. The van der Waals surface area contributed by atoms with Crippen LogP contribution in [-0.2, 0) is 4.79 Å². The Morgan fingerprint density at radius 3 is 3.06 bits per heavy atom. The maximum Gasteiger partial charge on any atom is 0.154 e. The van der Waals surface area contributed by atoms with Gasteiger partial charge in [0, 0.05) is 18.5 Å². The third-order valence-corrected chi connectivity index (χ3v) is 1.81. The molecule has 0 bridgehead atoms. The van der Waals surface area contributed by atoms with Gasteiger partial charge in [-0.1, -0.05) is 0 Å². The molecule has 0 amide bonds. The Morgan fingerprint density at radius 1 is 1.62 bits per heavy atom. The van der Waals surface area contributed by atoms with Gasteiger partial charge in [0.15, 0.2) is 5.78 Å². The fraction of sp³-hybridized carbons (Fsp3) is 0.364. The van der Waals surface area contributed by atoms with Gasteiger partial charge in [-0.3, -0.25) is 9.79 Å². The van der Waals surface area contributed by atoms with Crippen LogP contribution in [0.25, 0.3) is 0 Å². The van der Waals surface area contributed by atoms with Gasteiger partial charge < -0.3 is 10.3 Å². The van der Waals surface area contributed by atoms with Gasteiger partial charge in [0.2, 0.25) is 0 Å². The number of ketones is 1. The summed E-state index contributed by atoms with van der Waals surface area (Å²) < 4.78 is 0. The number of rotatable bonds is 6. The summed E-state index contributed by atoms with van der Waals surface area (Å²) in [4.78, 5) is 21.7. The number of carbonyl (C=O) groups is 1. The Kier molecular flexibility index (Phi) is 4.98. The zero-order valence-corrected chi connectivity index (χ0v) is 9.53. The third-order valence-electron chi connectivity index (χ3n) is 1.81. The van der Waals surface area contributed by atoms with E-state index in [2.05, 4.69) is 20.3 Å². The van der Waals surface area contributed by atoms with E-state index in [1.54, 1.807) is 24.8 Å². The number of aromatic amines is 1. The predicted molar refractivity (Wildman–Crippen MR) is 63.5 cm³/mol. The second-order valence-electron chi connectivity index (χ2n) is 3.41. The second kappa shape index (κ2) is 6.55. The average molecular weight is 220 g/mol. The highest BCUT2D eigenvalue weighted by Crippen LogP contribution is 1.87. The lowest BCUT2D eigenvalue weighted by Crippen LogP contribution is -2.16. The molecule has 0 aliphatic rings. The molecule has 1 aromatic heterocycles. The van der Waals surface area contributed by atoms with Crippen LogP contribution in [-0.4, -0.2) is 35.1 Å². The van der Waals surface area contributed by atoms with E-state index in [9.17, 15) is 4.79 Å². The zero-order chi connectivity index (χ0) is 11.8. The standard InChI is InChI=1S/C11H16N4O/c1-9(5-10(2)16)14-4-3-12-6-11-7-13-8-15-11/h5-8,14H,3-4H2,1-2H3,(H,13,15)/b9-5+,12-6?. The van der Waals surface area contributed by atoms with Crippen molar-refractivity contribution >= 4 is 12.0 Å². The van der Waals surface area contributed by atoms with Crippen LogP contribution in [0.1, 0.15) is 19.5 Å². The molecule has 5 nitrogen and oxygen atoms in total. The molecule has 0 aliphatic carbocycles. The lowest BCUT2D eigenvalue weighted by atomic mass is 10.3. The Balaban J connectivity index is 2.19.